The summed E-state index contributed by atoms with van der Waals surface area (Å²) in [6, 6.07) is 32.7. The third-order valence-electron chi connectivity index (χ3n) is 6.55. The van der Waals surface area contributed by atoms with E-state index in [1.54, 1.807) is 0 Å². The van der Waals surface area contributed by atoms with Gasteiger partial charge in [-0.25, -0.2) is 0 Å². The second kappa shape index (κ2) is 15.2. The minimum absolute atomic E-state index is 0. The van der Waals surface area contributed by atoms with Gasteiger partial charge in [-0.15, -0.1) is 41.6 Å². The van der Waals surface area contributed by atoms with Gasteiger partial charge in [0.1, 0.15) is 0 Å². The van der Waals surface area contributed by atoms with Gasteiger partial charge >= 0.3 is 25.8 Å². The van der Waals surface area contributed by atoms with E-state index >= 15 is 0 Å². The minimum atomic E-state index is -0.199. The van der Waals surface area contributed by atoms with Crippen LogP contribution >= 0.6 is 0 Å². The molecule has 0 fully saturated rings. The Hall–Kier alpha value is -2.52. The molecule has 196 valence electrons. The maximum absolute atomic E-state index is 5.55. The van der Waals surface area contributed by atoms with Crippen LogP contribution in [0.15, 0.2) is 84.9 Å². The topological polar surface area (TPSA) is 27.0 Å². The van der Waals surface area contributed by atoms with Crippen molar-refractivity contribution in [2.75, 3.05) is 0 Å². The molecule has 0 spiro atoms. The third kappa shape index (κ3) is 7.53. The zero-order valence-corrected chi connectivity index (χ0v) is 27.9. The van der Waals surface area contributed by atoms with Crippen molar-refractivity contribution >= 4 is 5.69 Å². The van der Waals surface area contributed by atoms with Gasteiger partial charge in [0.15, 0.2) is 0 Å². The number of hydrogen-bond donors (Lipinski definition) is 0. The van der Waals surface area contributed by atoms with Crippen molar-refractivity contribution in [3.63, 3.8) is 0 Å². The molecule has 0 N–H and O–H groups in total. The van der Waals surface area contributed by atoms with E-state index in [2.05, 4.69) is 114 Å². The van der Waals surface area contributed by atoms with Crippen LogP contribution < -0.4 is 0 Å². The van der Waals surface area contributed by atoms with E-state index in [1.807, 2.05) is 18.2 Å². The Kier molecular flexibility index (Phi) is 13.4. The molecule has 0 saturated carbocycles. The summed E-state index contributed by atoms with van der Waals surface area (Å²) in [6.45, 7) is 13.5. The maximum Gasteiger partial charge on any atom is 4.00 e. The SMILES string of the molecule is CC(C)c1ccccc1C([N-]c1c(C(C)C)cccc1C(C)C)c1cccc(-c2[c-]cccc2)n1.[CH3-].[CH3-].[Hf+4]. The molecule has 0 bridgehead atoms. The number of benzene rings is 3. The first kappa shape index (κ1) is 33.5. The third-order valence-corrected chi connectivity index (χ3v) is 6.55. The quantitative estimate of drug-likeness (QED) is 0.136. The molecule has 0 saturated heterocycles. The molecule has 4 rings (SSSR count). The van der Waals surface area contributed by atoms with Gasteiger partial charge in [-0.2, -0.15) is 0 Å². The van der Waals surface area contributed by atoms with Crippen LogP contribution in [0, 0.1) is 20.9 Å². The fraction of sp³-hybridized carbons (Fsp3) is 0.286. The van der Waals surface area contributed by atoms with Gasteiger partial charge in [-0.1, -0.05) is 113 Å². The largest absolute Gasteiger partial charge is 4.00 e. The number of aromatic nitrogens is 1. The average Bonchev–Trinajstić information content (AvgIpc) is 2.87. The first-order valence-corrected chi connectivity index (χ1v) is 12.7. The van der Waals surface area contributed by atoms with E-state index in [9.17, 15) is 0 Å². The summed E-state index contributed by atoms with van der Waals surface area (Å²) >= 11 is 0. The van der Waals surface area contributed by atoms with Crippen molar-refractivity contribution in [1.29, 1.82) is 0 Å². The van der Waals surface area contributed by atoms with Crippen molar-refractivity contribution in [2.24, 2.45) is 0 Å². The summed E-state index contributed by atoms with van der Waals surface area (Å²) < 4.78 is 0. The van der Waals surface area contributed by atoms with E-state index in [0.29, 0.717) is 17.8 Å². The first-order valence-electron chi connectivity index (χ1n) is 12.7. The summed E-state index contributed by atoms with van der Waals surface area (Å²) in [5, 5.41) is 5.55. The van der Waals surface area contributed by atoms with Crippen molar-refractivity contribution in [3.8, 4) is 11.3 Å². The Morgan fingerprint density at radius 2 is 1.13 bits per heavy atom. The van der Waals surface area contributed by atoms with E-state index in [-0.39, 0.29) is 46.7 Å². The molecule has 3 heteroatoms. The molecule has 3 aromatic carbocycles. The van der Waals surface area contributed by atoms with Crippen LogP contribution in [0.2, 0.25) is 0 Å². The fourth-order valence-electron chi connectivity index (χ4n) is 4.68. The molecule has 1 aromatic heterocycles. The molecule has 0 radical (unpaired) electrons. The molecule has 1 unspecified atom stereocenters. The molecular weight excluding hydrogens is 627 g/mol. The second-order valence-electron chi connectivity index (χ2n) is 10.1. The molecule has 0 aliphatic carbocycles. The smallest absolute Gasteiger partial charge is 0.673 e. The molecule has 0 aliphatic heterocycles. The molecular formula is C35H42HfN2. The molecule has 1 heterocycles. The molecule has 38 heavy (non-hydrogen) atoms. The Bertz CT molecular complexity index is 1240. The summed E-state index contributed by atoms with van der Waals surface area (Å²) in [7, 11) is 0. The summed E-state index contributed by atoms with van der Waals surface area (Å²) in [5.41, 5.74) is 9.10. The van der Waals surface area contributed by atoms with Crippen LogP contribution in [-0.4, -0.2) is 4.98 Å². The summed E-state index contributed by atoms with van der Waals surface area (Å²) in [5.74, 6) is 1.15. The standard InChI is InChI=1S/C33H36N2.2CH3.Hf/c1-22(2)26-16-10-11-17-29(26)33(31-21-13-20-30(34-31)25-14-8-7-9-15-25)35-32-27(23(3)4)18-12-19-28(32)24(5)6;;;/h7-14,16-24,33H,1-6H3;2*1H3;/q-2;2*-1;+4. The first-order chi connectivity index (χ1) is 16.9. The van der Waals surface area contributed by atoms with Crippen molar-refractivity contribution in [3.05, 3.63) is 139 Å². The van der Waals surface area contributed by atoms with E-state index < -0.39 is 0 Å². The van der Waals surface area contributed by atoms with E-state index in [4.69, 9.17) is 10.3 Å². The van der Waals surface area contributed by atoms with Gasteiger partial charge in [0.2, 0.25) is 0 Å². The Morgan fingerprint density at radius 3 is 1.68 bits per heavy atom. The monoisotopic (exact) mass is 670 g/mol. The van der Waals surface area contributed by atoms with Gasteiger partial charge in [-0.3, -0.25) is 0 Å². The zero-order valence-electron chi connectivity index (χ0n) is 24.3. The van der Waals surface area contributed by atoms with E-state index in [0.717, 1.165) is 22.6 Å². The number of pyridine rings is 1. The van der Waals surface area contributed by atoms with Crippen LogP contribution in [0.5, 0.6) is 0 Å². The molecule has 4 aromatic rings. The van der Waals surface area contributed by atoms with Crippen molar-refractivity contribution in [1.82, 2.24) is 4.98 Å². The Labute approximate surface area is 251 Å². The predicted molar refractivity (Wildman–Crippen MR) is 161 cm³/mol. The maximum atomic E-state index is 5.55. The minimum Gasteiger partial charge on any atom is -0.673 e. The van der Waals surface area contributed by atoms with Gasteiger partial charge < -0.3 is 25.2 Å². The normalized spacial score (nSPS) is 11.4. The van der Waals surface area contributed by atoms with Crippen LogP contribution in [0.4, 0.5) is 5.69 Å². The van der Waals surface area contributed by atoms with Crippen LogP contribution in [0.25, 0.3) is 16.6 Å². The summed E-state index contributed by atoms with van der Waals surface area (Å²) in [4.78, 5) is 5.14. The molecule has 2 nitrogen and oxygen atoms in total. The van der Waals surface area contributed by atoms with Crippen LogP contribution in [0.3, 0.4) is 0 Å². The second-order valence-corrected chi connectivity index (χ2v) is 10.1. The number of nitrogens with zero attached hydrogens (tertiary/aromatic N) is 2. The van der Waals surface area contributed by atoms with Gasteiger partial charge in [-0.05, 0) is 41.1 Å². The molecule has 0 aliphatic rings. The van der Waals surface area contributed by atoms with Gasteiger partial charge in [0.25, 0.3) is 0 Å². The number of hydrogen-bond acceptors (Lipinski definition) is 1. The van der Waals surface area contributed by atoms with Crippen LogP contribution in [0.1, 0.15) is 93.3 Å². The fourth-order valence-corrected chi connectivity index (χ4v) is 4.68. The Balaban J connectivity index is 0.00000241. The molecule has 1 atom stereocenters. The predicted octanol–water partition coefficient (Wildman–Crippen LogP) is 10.6. The van der Waals surface area contributed by atoms with Gasteiger partial charge in [0.05, 0.1) is 0 Å². The Morgan fingerprint density at radius 1 is 0.605 bits per heavy atom. The number of para-hydroxylation sites is 1. The zero-order chi connectivity index (χ0) is 24.9. The van der Waals surface area contributed by atoms with Crippen molar-refractivity contribution < 1.29 is 25.8 Å². The average molecular weight is 669 g/mol. The van der Waals surface area contributed by atoms with Gasteiger partial charge in [0, 0.05) is 5.69 Å². The van der Waals surface area contributed by atoms with Crippen molar-refractivity contribution in [2.45, 2.75) is 65.3 Å². The number of rotatable bonds is 8. The van der Waals surface area contributed by atoms with Crippen LogP contribution in [-0.2, 0) is 25.8 Å². The van der Waals surface area contributed by atoms with E-state index in [1.165, 1.54) is 22.3 Å². The summed E-state index contributed by atoms with van der Waals surface area (Å²) in [6.07, 6.45) is 0. The molecule has 0 amide bonds.